The first kappa shape index (κ1) is 10.5. The molecule has 0 radical (unpaired) electrons. The molecule has 1 aromatic rings. The van der Waals surface area contributed by atoms with Crippen molar-refractivity contribution in [3.63, 3.8) is 0 Å². The summed E-state index contributed by atoms with van der Waals surface area (Å²) in [5.41, 5.74) is 5.92. The van der Waals surface area contributed by atoms with Gasteiger partial charge in [-0.05, 0) is 18.2 Å². The number of carboxylic acids is 1. The Morgan fingerprint density at radius 2 is 2.14 bits per heavy atom. The predicted molar refractivity (Wildman–Crippen MR) is 53.6 cm³/mol. The zero-order valence-electron chi connectivity index (χ0n) is 6.94. The normalized spacial score (nSPS) is 11.4. The maximum absolute atomic E-state index is 10.6. The second kappa shape index (κ2) is 4.10. The third-order valence-corrected chi connectivity index (χ3v) is 2.26. The molecule has 0 unspecified atom stereocenters. The number of carbonyl (C=O) groups is 1. The van der Waals surface area contributed by atoms with E-state index in [1.165, 1.54) is 18.2 Å². The summed E-state index contributed by atoms with van der Waals surface area (Å²) in [6, 6.07) is 4.22. The Kier molecular flexibility index (Phi) is 3.08. The highest BCUT2D eigenvalue weighted by atomic mass is 79.9. The maximum Gasteiger partial charge on any atom is 0.335 e. The van der Waals surface area contributed by atoms with Crippen LogP contribution >= 0.6 is 15.9 Å². The van der Waals surface area contributed by atoms with Gasteiger partial charge in [0.25, 0.3) is 0 Å². The van der Waals surface area contributed by atoms with E-state index in [-0.39, 0.29) is 11.4 Å². The van der Waals surface area contributed by atoms with Crippen molar-refractivity contribution in [2.24, 2.45) is 10.9 Å². The highest BCUT2D eigenvalue weighted by Gasteiger charge is 2.09. The van der Waals surface area contributed by atoms with Gasteiger partial charge in [-0.2, -0.15) is 0 Å². The van der Waals surface area contributed by atoms with Crippen LogP contribution in [0.5, 0.6) is 0 Å². The average molecular weight is 259 g/mol. The number of rotatable bonds is 2. The van der Waals surface area contributed by atoms with Gasteiger partial charge in [0.1, 0.15) is 0 Å². The molecular formula is C8H7BrN2O3. The third kappa shape index (κ3) is 2.02. The van der Waals surface area contributed by atoms with Gasteiger partial charge in [-0.15, -0.1) is 0 Å². The summed E-state index contributed by atoms with van der Waals surface area (Å²) < 4.78 is 0.465. The first-order valence-electron chi connectivity index (χ1n) is 3.57. The molecule has 0 fully saturated rings. The number of amidine groups is 1. The van der Waals surface area contributed by atoms with E-state index in [1.807, 2.05) is 0 Å². The molecule has 0 amide bonds. The minimum Gasteiger partial charge on any atom is -0.478 e. The van der Waals surface area contributed by atoms with E-state index < -0.39 is 5.97 Å². The fraction of sp³-hybridized carbons (Fsp3) is 0. The molecule has 0 atom stereocenters. The van der Waals surface area contributed by atoms with E-state index in [0.717, 1.165) is 0 Å². The predicted octanol–water partition coefficient (Wildman–Crippen LogP) is 1.24. The molecule has 0 aliphatic rings. The van der Waals surface area contributed by atoms with Crippen LogP contribution in [0.1, 0.15) is 15.9 Å². The van der Waals surface area contributed by atoms with Gasteiger partial charge in [-0.1, -0.05) is 21.1 Å². The molecule has 4 N–H and O–H groups in total. The van der Waals surface area contributed by atoms with Crippen molar-refractivity contribution in [3.05, 3.63) is 33.8 Å². The van der Waals surface area contributed by atoms with Crippen LogP contribution in [0.15, 0.2) is 27.8 Å². The van der Waals surface area contributed by atoms with E-state index in [2.05, 4.69) is 21.1 Å². The molecule has 0 aliphatic carbocycles. The maximum atomic E-state index is 10.6. The van der Waals surface area contributed by atoms with Crippen molar-refractivity contribution in [3.8, 4) is 0 Å². The number of halogens is 1. The quantitative estimate of drug-likeness (QED) is 0.322. The smallest absolute Gasteiger partial charge is 0.335 e. The van der Waals surface area contributed by atoms with Gasteiger partial charge in [-0.3, -0.25) is 0 Å². The molecule has 5 nitrogen and oxygen atoms in total. The van der Waals surface area contributed by atoms with E-state index in [0.29, 0.717) is 10.0 Å². The largest absolute Gasteiger partial charge is 0.478 e. The summed E-state index contributed by atoms with van der Waals surface area (Å²) in [7, 11) is 0. The number of nitrogens with two attached hydrogens (primary N) is 1. The summed E-state index contributed by atoms with van der Waals surface area (Å²) in [4.78, 5) is 10.6. The number of hydrogen-bond acceptors (Lipinski definition) is 3. The molecular weight excluding hydrogens is 252 g/mol. The van der Waals surface area contributed by atoms with Gasteiger partial charge in [0.15, 0.2) is 5.84 Å². The second-order valence-electron chi connectivity index (χ2n) is 2.49. The van der Waals surface area contributed by atoms with Crippen LogP contribution in [0, 0.1) is 0 Å². The fourth-order valence-electron chi connectivity index (χ4n) is 0.910. The van der Waals surface area contributed by atoms with Gasteiger partial charge < -0.3 is 16.0 Å². The minimum absolute atomic E-state index is 0.0752. The van der Waals surface area contributed by atoms with Crippen LogP contribution in [0.25, 0.3) is 0 Å². The zero-order valence-corrected chi connectivity index (χ0v) is 8.52. The monoisotopic (exact) mass is 258 g/mol. The van der Waals surface area contributed by atoms with Crippen LogP contribution in [0.4, 0.5) is 0 Å². The first-order chi connectivity index (χ1) is 6.56. The summed E-state index contributed by atoms with van der Waals surface area (Å²) in [5.74, 6) is -1.11. The van der Waals surface area contributed by atoms with Crippen molar-refractivity contribution in [2.45, 2.75) is 0 Å². The Balaban J connectivity index is 3.20. The lowest BCUT2D eigenvalue weighted by Crippen LogP contribution is -2.14. The zero-order chi connectivity index (χ0) is 10.7. The number of oxime groups is 1. The van der Waals surface area contributed by atoms with Gasteiger partial charge in [-0.25, -0.2) is 4.79 Å². The topological polar surface area (TPSA) is 95.9 Å². The standard InChI is InChI=1S/C8H7BrN2O3/c9-6-3-4(8(12)13)1-2-5(6)7(10)11-14/h1-3,14H,(H2,10,11)(H,12,13). The van der Waals surface area contributed by atoms with Crippen LogP contribution in [-0.2, 0) is 0 Å². The summed E-state index contributed by atoms with van der Waals surface area (Å²) in [5, 5.41) is 19.9. The SMILES string of the molecule is N/C(=N\O)c1ccc(C(=O)O)cc1Br. The van der Waals surface area contributed by atoms with E-state index in [4.69, 9.17) is 16.0 Å². The van der Waals surface area contributed by atoms with Crippen molar-refractivity contribution < 1.29 is 15.1 Å². The van der Waals surface area contributed by atoms with Gasteiger partial charge in [0.2, 0.25) is 0 Å². The molecule has 6 heteroatoms. The molecule has 14 heavy (non-hydrogen) atoms. The molecule has 0 heterocycles. The van der Waals surface area contributed by atoms with Gasteiger partial charge in [0, 0.05) is 10.0 Å². The van der Waals surface area contributed by atoms with Gasteiger partial charge in [0.05, 0.1) is 5.56 Å². The molecule has 74 valence electrons. The third-order valence-electron chi connectivity index (χ3n) is 1.60. The molecule has 0 spiro atoms. The molecule has 0 saturated heterocycles. The summed E-state index contributed by atoms with van der Waals surface area (Å²) >= 11 is 3.12. The first-order valence-corrected chi connectivity index (χ1v) is 4.36. The number of aromatic carboxylic acids is 1. The number of hydrogen-bond donors (Lipinski definition) is 3. The lowest BCUT2D eigenvalue weighted by atomic mass is 10.1. The lowest BCUT2D eigenvalue weighted by molar-refractivity contribution is 0.0697. The van der Waals surface area contributed by atoms with Gasteiger partial charge >= 0.3 is 5.97 Å². The number of benzene rings is 1. The Hall–Kier alpha value is -1.56. The molecule has 0 aromatic heterocycles. The van der Waals surface area contributed by atoms with E-state index in [9.17, 15) is 4.79 Å². The molecule has 1 rings (SSSR count). The lowest BCUT2D eigenvalue weighted by Gasteiger charge is -2.02. The van der Waals surface area contributed by atoms with Crippen molar-refractivity contribution in [1.29, 1.82) is 0 Å². The van der Waals surface area contributed by atoms with E-state index in [1.54, 1.807) is 0 Å². The highest BCUT2D eigenvalue weighted by Crippen LogP contribution is 2.18. The fourth-order valence-corrected chi connectivity index (χ4v) is 1.49. The summed E-state index contributed by atoms with van der Waals surface area (Å²) in [6.07, 6.45) is 0. The van der Waals surface area contributed by atoms with Crippen molar-refractivity contribution >= 4 is 27.7 Å². The second-order valence-corrected chi connectivity index (χ2v) is 3.34. The summed E-state index contributed by atoms with van der Waals surface area (Å²) in [6.45, 7) is 0. The van der Waals surface area contributed by atoms with Crippen LogP contribution in [-0.4, -0.2) is 22.1 Å². The molecule has 1 aromatic carbocycles. The molecule has 0 bridgehead atoms. The highest BCUT2D eigenvalue weighted by molar-refractivity contribution is 9.10. The Bertz CT molecular complexity index is 404. The van der Waals surface area contributed by atoms with E-state index >= 15 is 0 Å². The Labute approximate surface area is 88.0 Å². The molecule has 0 aliphatic heterocycles. The Morgan fingerprint density at radius 1 is 1.50 bits per heavy atom. The van der Waals surface area contributed by atoms with Crippen LogP contribution in [0.2, 0.25) is 0 Å². The minimum atomic E-state index is -1.03. The number of nitrogens with zero attached hydrogens (tertiary/aromatic N) is 1. The van der Waals surface area contributed by atoms with Crippen LogP contribution < -0.4 is 5.73 Å². The molecule has 0 saturated carbocycles. The van der Waals surface area contributed by atoms with Crippen LogP contribution in [0.3, 0.4) is 0 Å². The average Bonchev–Trinajstić information content (AvgIpc) is 2.16. The Morgan fingerprint density at radius 3 is 2.57 bits per heavy atom. The number of carboxylic acid groups (broad SMARTS) is 1. The van der Waals surface area contributed by atoms with Crippen molar-refractivity contribution in [1.82, 2.24) is 0 Å². The van der Waals surface area contributed by atoms with Crippen molar-refractivity contribution in [2.75, 3.05) is 0 Å².